The van der Waals surface area contributed by atoms with Gasteiger partial charge >= 0.3 is 0 Å². The quantitative estimate of drug-likeness (QED) is 0.874. The molecule has 0 spiro atoms. The van der Waals surface area contributed by atoms with Crippen molar-refractivity contribution in [3.8, 4) is 6.07 Å². The number of nitrogens with zero attached hydrogens (tertiary/aromatic N) is 2. The molecule has 6 heteroatoms. The fraction of sp³-hybridized carbons (Fsp3) is 0.0714. The molecular weight excluding hydrogens is 274 g/mol. The summed E-state index contributed by atoms with van der Waals surface area (Å²) in [6, 6.07) is 14.6. The number of nitriles is 1. The lowest BCUT2D eigenvalue weighted by Gasteiger charge is -2.20. The summed E-state index contributed by atoms with van der Waals surface area (Å²) in [6.07, 6.45) is 0. The maximum atomic E-state index is 12.5. The molecule has 0 aliphatic rings. The fourth-order valence-electron chi connectivity index (χ4n) is 1.75. The van der Waals surface area contributed by atoms with Gasteiger partial charge in [-0.25, -0.2) is 8.42 Å². The van der Waals surface area contributed by atoms with Gasteiger partial charge < -0.3 is 5.73 Å². The number of sulfonamides is 1. The smallest absolute Gasteiger partial charge is 0.266 e. The highest BCUT2D eigenvalue weighted by Gasteiger charge is 2.23. The Morgan fingerprint density at radius 3 is 2.25 bits per heavy atom. The minimum atomic E-state index is -3.72. The Morgan fingerprint density at radius 1 is 1.10 bits per heavy atom. The van der Waals surface area contributed by atoms with Crippen LogP contribution in [0.2, 0.25) is 0 Å². The summed E-state index contributed by atoms with van der Waals surface area (Å²) in [7, 11) is -2.27. The topological polar surface area (TPSA) is 87.2 Å². The van der Waals surface area contributed by atoms with Crippen LogP contribution in [0, 0.1) is 11.3 Å². The monoisotopic (exact) mass is 287 g/mol. The van der Waals surface area contributed by atoms with E-state index in [-0.39, 0.29) is 10.6 Å². The lowest BCUT2D eigenvalue weighted by molar-refractivity contribution is 0.595. The molecule has 0 heterocycles. The van der Waals surface area contributed by atoms with E-state index in [0.29, 0.717) is 11.3 Å². The van der Waals surface area contributed by atoms with Crippen LogP contribution in [0.4, 0.5) is 11.4 Å². The third-order valence-electron chi connectivity index (χ3n) is 2.92. The van der Waals surface area contributed by atoms with Gasteiger partial charge in [-0.05, 0) is 36.4 Å². The van der Waals surface area contributed by atoms with Crippen molar-refractivity contribution >= 4 is 21.4 Å². The minimum Gasteiger partial charge on any atom is -0.398 e. The Balaban J connectivity index is 2.44. The Hall–Kier alpha value is -2.52. The van der Waals surface area contributed by atoms with Crippen LogP contribution in [-0.2, 0) is 10.0 Å². The second kappa shape index (κ2) is 5.23. The first-order valence-electron chi connectivity index (χ1n) is 5.80. The molecule has 0 bridgehead atoms. The van der Waals surface area contributed by atoms with Gasteiger partial charge in [-0.15, -0.1) is 0 Å². The average Bonchev–Trinajstić information content (AvgIpc) is 2.47. The lowest BCUT2D eigenvalue weighted by atomic mass is 10.2. The van der Waals surface area contributed by atoms with Crippen molar-refractivity contribution in [2.24, 2.45) is 0 Å². The van der Waals surface area contributed by atoms with E-state index in [4.69, 9.17) is 11.0 Å². The average molecular weight is 287 g/mol. The predicted molar refractivity (Wildman–Crippen MR) is 77.6 cm³/mol. The van der Waals surface area contributed by atoms with Gasteiger partial charge in [0, 0.05) is 7.05 Å². The molecule has 0 radical (unpaired) electrons. The number of anilines is 2. The molecule has 2 aromatic carbocycles. The summed E-state index contributed by atoms with van der Waals surface area (Å²) in [5.74, 6) is 0. The van der Waals surface area contributed by atoms with E-state index >= 15 is 0 Å². The van der Waals surface area contributed by atoms with E-state index in [1.54, 1.807) is 42.5 Å². The number of nitrogens with two attached hydrogens (primary N) is 1. The first-order chi connectivity index (χ1) is 9.46. The van der Waals surface area contributed by atoms with Gasteiger partial charge in [0.2, 0.25) is 0 Å². The molecule has 0 amide bonds. The van der Waals surface area contributed by atoms with Crippen LogP contribution in [0.5, 0.6) is 0 Å². The molecule has 0 fully saturated rings. The molecule has 0 aliphatic heterocycles. The number of benzene rings is 2. The second-order valence-electron chi connectivity index (χ2n) is 4.17. The number of nitrogen functional groups attached to an aromatic ring is 1. The highest BCUT2D eigenvalue weighted by Crippen LogP contribution is 2.25. The molecule has 2 aromatic rings. The Bertz CT molecular complexity index is 762. The number of hydrogen-bond acceptors (Lipinski definition) is 4. The minimum absolute atomic E-state index is 0.0619. The summed E-state index contributed by atoms with van der Waals surface area (Å²) in [6.45, 7) is 0. The summed E-state index contributed by atoms with van der Waals surface area (Å²) < 4.78 is 26.1. The van der Waals surface area contributed by atoms with Gasteiger partial charge in [0.15, 0.2) is 0 Å². The van der Waals surface area contributed by atoms with E-state index in [1.807, 2.05) is 6.07 Å². The zero-order valence-corrected chi connectivity index (χ0v) is 11.6. The van der Waals surface area contributed by atoms with E-state index in [9.17, 15) is 8.42 Å². The first kappa shape index (κ1) is 13.9. The van der Waals surface area contributed by atoms with Gasteiger partial charge in [0.05, 0.1) is 23.0 Å². The first-order valence-corrected chi connectivity index (χ1v) is 7.24. The zero-order valence-electron chi connectivity index (χ0n) is 10.8. The van der Waals surface area contributed by atoms with E-state index in [2.05, 4.69) is 0 Å². The Kier molecular flexibility index (Phi) is 3.63. The normalized spacial score (nSPS) is 10.8. The SMILES string of the molecule is CN(c1ccc(C#N)cc1)S(=O)(=O)c1ccccc1N. The van der Waals surface area contributed by atoms with Crippen molar-refractivity contribution in [3.05, 3.63) is 54.1 Å². The molecule has 0 aromatic heterocycles. The molecule has 2 N–H and O–H groups in total. The zero-order chi connectivity index (χ0) is 14.8. The van der Waals surface area contributed by atoms with Crippen molar-refractivity contribution < 1.29 is 8.42 Å². The van der Waals surface area contributed by atoms with Gasteiger partial charge in [0.1, 0.15) is 4.90 Å². The van der Waals surface area contributed by atoms with Crippen LogP contribution < -0.4 is 10.0 Å². The molecule has 0 saturated heterocycles. The van der Waals surface area contributed by atoms with E-state index < -0.39 is 10.0 Å². The van der Waals surface area contributed by atoms with Gasteiger partial charge in [-0.1, -0.05) is 12.1 Å². The number of para-hydroxylation sites is 1. The highest BCUT2D eigenvalue weighted by atomic mass is 32.2. The number of hydrogen-bond donors (Lipinski definition) is 1. The molecule has 20 heavy (non-hydrogen) atoms. The van der Waals surface area contributed by atoms with Crippen LogP contribution >= 0.6 is 0 Å². The van der Waals surface area contributed by atoms with Crippen molar-refractivity contribution in [1.29, 1.82) is 5.26 Å². The van der Waals surface area contributed by atoms with Crippen molar-refractivity contribution in [3.63, 3.8) is 0 Å². The third kappa shape index (κ3) is 2.44. The Morgan fingerprint density at radius 2 is 1.70 bits per heavy atom. The standard InChI is InChI=1S/C14H13N3O2S/c1-17(12-8-6-11(10-15)7-9-12)20(18,19)14-5-3-2-4-13(14)16/h2-9H,16H2,1H3. The fourth-order valence-corrected chi connectivity index (χ4v) is 3.06. The van der Waals surface area contributed by atoms with Gasteiger partial charge in [-0.3, -0.25) is 4.31 Å². The maximum Gasteiger partial charge on any atom is 0.266 e. The lowest BCUT2D eigenvalue weighted by Crippen LogP contribution is -2.27. The largest absolute Gasteiger partial charge is 0.398 e. The highest BCUT2D eigenvalue weighted by molar-refractivity contribution is 7.93. The van der Waals surface area contributed by atoms with Crippen molar-refractivity contribution in [2.45, 2.75) is 4.90 Å². The molecule has 0 saturated carbocycles. The van der Waals surface area contributed by atoms with Crippen molar-refractivity contribution in [1.82, 2.24) is 0 Å². The molecule has 0 unspecified atom stereocenters. The molecule has 0 aliphatic carbocycles. The summed E-state index contributed by atoms with van der Waals surface area (Å²) in [5, 5.41) is 8.74. The second-order valence-corrected chi connectivity index (χ2v) is 6.11. The van der Waals surface area contributed by atoms with Gasteiger partial charge in [0.25, 0.3) is 10.0 Å². The summed E-state index contributed by atoms with van der Waals surface area (Å²) in [4.78, 5) is 0.0619. The van der Waals surface area contributed by atoms with Gasteiger partial charge in [-0.2, -0.15) is 5.26 Å². The molecule has 0 atom stereocenters. The van der Waals surface area contributed by atoms with Crippen LogP contribution in [0.25, 0.3) is 0 Å². The predicted octanol–water partition coefficient (Wildman–Crippen LogP) is 1.97. The maximum absolute atomic E-state index is 12.5. The Labute approximate surface area is 117 Å². The van der Waals surface area contributed by atoms with Crippen LogP contribution in [0.3, 0.4) is 0 Å². The van der Waals surface area contributed by atoms with E-state index in [1.165, 1.54) is 13.1 Å². The number of rotatable bonds is 3. The molecule has 5 nitrogen and oxygen atoms in total. The van der Waals surface area contributed by atoms with Crippen LogP contribution in [-0.4, -0.2) is 15.5 Å². The van der Waals surface area contributed by atoms with Crippen molar-refractivity contribution in [2.75, 3.05) is 17.1 Å². The van der Waals surface area contributed by atoms with Crippen LogP contribution in [0.1, 0.15) is 5.56 Å². The molecular formula is C14H13N3O2S. The van der Waals surface area contributed by atoms with E-state index in [0.717, 1.165) is 4.31 Å². The van der Waals surface area contributed by atoms with Crippen LogP contribution in [0.15, 0.2) is 53.4 Å². The summed E-state index contributed by atoms with van der Waals surface area (Å²) >= 11 is 0. The summed E-state index contributed by atoms with van der Waals surface area (Å²) in [5.41, 5.74) is 6.86. The molecule has 2 rings (SSSR count). The third-order valence-corrected chi connectivity index (χ3v) is 4.78. The molecule has 102 valence electrons.